The predicted molar refractivity (Wildman–Crippen MR) is 61.8 cm³/mol. The van der Waals surface area contributed by atoms with E-state index in [2.05, 4.69) is 16.5 Å². The normalized spacial score (nSPS) is 19.9. The SMILES string of the molecule is CNC1CCCCc2c1cnn2CCC#N. The maximum absolute atomic E-state index is 8.62. The quantitative estimate of drug-likeness (QED) is 0.787. The van der Waals surface area contributed by atoms with Gasteiger partial charge in [-0.2, -0.15) is 10.4 Å². The minimum Gasteiger partial charge on any atom is -0.313 e. The smallest absolute Gasteiger partial charge is 0.0641 e. The molecule has 0 bridgehead atoms. The molecule has 4 heteroatoms. The fourth-order valence-electron chi connectivity index (χ4n) is 2.43. The molecule has 1 atom stereocenters. The van der Waals surface area contributed by atoms with Gasteiger partial charge in [0.05, 0.1) is 25.2 Å². The van der Waals surface area contributed by atoms with Crippen LogP contribution in [-0.2, 0) is 13.0 Å². The fourth-order valence-corrected chi connectivity index (χ4v) is 2.43. The van der Waals surface area contributed by atoms with E-state index in [1.165, 1.54) is 30.5 Å². The number of hydrogen-bond donors (Lipinski definition) is 1. The largest absolute Gasteiger partial charge is 0.313 e. The summed E-state index contributed by atoms with van der Waals surface area (Å²) < 4.78 is 2.01. The van der Waals surface area contributed by atoms with Crippen molar-refractivity contribution in [2.24, 2.45) is 0 Å². The molecular weight excluding hydrogens is 200 g/mol. The summed E-state index contributed by atoms with van der Waals surface area (Å²) in [7, 11) is 2.01. The summed E-state index contributed by atoms with van der Waals surface area (Å²) in [5.41, 5.74) is 2.66. The van der Waals surface area contributed by atoms with Gasteiger partial charge in [0.15, 0.2) is 0 Å². The summed E-state index contributed by atoms with van der Waals surface area (Å²) in [5, 5.41) is 16.4. The third-order valence-electron chi connectivity index (χ3n) is 3.30. The molecule has 1 aliphatic rings. The first-order valence-electron chi connectivity index (χ1n) is 5.95. The molecule has 0 saturated carbocycles. The summed E-state index contributed by atoms with van der Waals surface area (Å²) in [5.74, 6) is 0. The molecule has 86 valence electrons. The van der Waals surface area contributed by atoms with Crippen molar-refractivity contribution in [2.75, 3.05) is 7.05 Å². The van der Waals surface area contributed by atoms with Crippen LogP contribution in [0.1, 0.15) is 43.0 Å². The van der Waals surface area contributed by atoms with Gasteiger partial charge in [-0.05, 0) is 26.3 Å². The highest BCUT2D eigenvalue weighted by Gasteiger charge is 2.20. The van der Waals surface area contributed by atoms with Gasteiger partial charge in [-0.25, -0.2) is 0 Å². The van der Waals surface area contributed by atoms with Crippen LogP contribution in [0.15, 0.2) is 6.20 Å². The topological polar surface area (TPSA) is 53.6 Å². The lowest BCUT2D eigenvalue weighted by Gasteiger charge is -2.13. The van der Waals surface area contributed by atoms with Crippen molar-refractivity contribution in [3.63, 3.8) is 0 Å². The van der Waals surface area contributed by atoms with E-state index >= 15 is 0 Å². The van der Waals surface area contributed by atoms with Crippen molar-refractivity contribution in [2.45, 2.75) is 44.7 Å². The van der Waals surface area contributed by atoms with Gasteiger partial charge in [0, 0.05) is 17.3 Å². The molecule has 0 amide bonds. The number of aryl methyl sites for hydroxylation is 1. The maximum atomic E-state index is 8.62. The number of fused-ring (bicyclic) bond motifs is 1. The van der Waals surface area contributed by atoms with Crippen molar-refractivity contribution >= 4 is 0 Å². The molecule has 0 saturated heterocycles. The van der Waals surface area contributed by atoms with Crippen LogP contribution in [-0.4, -0.2) is 16.8 Å². The zero-order valence-electron chi connectivity index (χ0n) is 9.74. The zero-order chi connectivity index (χ0) is 11.4. The number of rotatable bonds is 3. The van der Waals surface area contributed by atoms with Gasteiger partial charge in [0.25, 0.3) is 0 Å². The summed E-state index contributed by atoms with van der Waals surface area (Å²) in [6.07, 6.45) is 7.28. The highest BCUT2D eigenvalue weighted by atomic mass is 15.3. The Labute approximate surface area is 96.3 Å². The lowest BCUT2D eigenvalue weighted by molar-refractivity contribution is 0.532. The molecule has 16 heavy (non-hydrogen) atoms. The second kappa shape index (κ2) is 5.13. The molecule has 1 aromatic heterocycles. The minimum atomic E-state index is 0.438. The lowest BCUT2D eigenvalue weighted by atomic mass is 10.1. The van der Waals surface area contributed by atoms with Gasteiger partial charge in [-0.3, -0.25) is 4.68 Å². The van der Waals surface area contributed by atoms with Gasteiger partial charge in [-0.1, -0.05) is 6.42 Å². The van der Waals surface area contributed by atoms with E-state index in [9.17, 15) is 0 Å². The standard InChI is InChI=1S/C12H18N4/c1-14-11-5-2-3-6-12-10(11)9-15-16(12)8-4-7-13/h9,11,14H,2-6,8H2,1H3. The number of nitriles is 1. The van der Waals surface area contributed by atoms with Crippen molar-refractivity contribution in [3.05, 3.63) is 17.5 Å². The molecule has 1 N–H and O–H groups in total. The number of nitrogens with zero attached hydrogens (tertiary/aromatic N) is 3. The van der Waals surface area contributed by atoms with Gasteiger partial charge >= 0.3 is 0 Å². The van der Waals surface area contributed by atoms with Crippen LogP contribution in [0.4, 0.5) is 0 Å². The Bertz CT molecular complexity index is 388. The molecule has 0 spiro atoms. The van der Waals surface area contributed by atoms with E-state index in [4.69, 9.17) is 5.26 Å². The molecule has 1 aliphatic carbocycles. The van der Waals surface area contributed by atoms with Gasteiger partial charge in [-0.15, -0.1) is 0 Å². The summed E-state index contributed by atoms with van der Waals surface area (Å²) in [6.45, 7) is 0.724. The third kappa shape index (κ3) is 2.10. The Kier molecular flexibility index (Phi) is 3.58. The predicted octanol–water partition coefficient (Wildman–Crippen LogP) is 1.78. The first-order chi connectivity index (χ1) is 7.86. The van der Waals surface area contributed by atoms with E-state index < -0.39 is 0 Å². The van der Waals surface area contributed by atoms with Crippen LogP contribution >= 0.6 is 0 Å². The summed E-state index contributed by atoms with van der Waals surface area (Å²) in [4.78, 5) is 0. The Morgan fingerprint density at radius 3 is 3.25 bits per heavy atom. The van der Waals surface area contributed by atoms with Gasteiger partial charge < -0.3 is 5.32 Å². The summed E-state index contributed by atoms with van der Waals surface area (Å²) in [6, 6.07) is 2.62. The Morgan fingerprint density at radius 1 is 1.62 bits per heavy atom. The average Bonchev–Trinajstić information content (AvgIpc) is 2.58. The van der Waals surface area contributed by atoms with Crippen LogP contribution in [0.3, 0.4) is 0 Å². The molecule has 2 rings (SSSR count). The maximum Gasteiger partial charge on any atom is 0.0641 e. The molecule has 4 nitrogen and oxygen atoms in total. The monoisotopic (exact) mass is 218 g/mol. The molecule has 0 radical (unpaired) electrons. The van der Waals surface area contributed by atoms with Crippen molar-refractivity contribution in [1.29, 1.82) is 5.26 Å². The molecule has 0 aromatic carbocycles. The van der Waals surface area contributed by atoms with E-state index in [0.717, 1.165) is 13.0 Å². The van der Waals surface area contributed by atoms with Crippen molar-refractivity contribution < 1.29 is 0 Å². The first kappa shape index (κ1) is 11.2. The molecule has 1 heterocycles. The van der Waals surface area contributed by atoms with Crippen molar-refractivity contribution in [1.82, 2.24) is 15.1 Å². The lowest BCUT2D eigenvalue weighted by Crippen LogP contribution is -2.16. The number of nitrogens with one attached hydrogen (secondary N) is 1. The highest BCUT2D eigenvalue weighted by molar-refractivity contribution is 5.23. The minimum absolute atomic E-state index is 0.438. The van der Waals surface area contributed by atoms with E-state index in [1.807, 2.05) is 17.9 Å². The Hall–Kier alpha value is -1.34. The number of aromatic nitrogens is 2. The van der Waals surface area contributed by atoms with Gasteiger partial charge in [0.2, 0.25) is 0 Å². The number of hydrogen-bond acceptors (Lipinski definition) is 3. The molecule has 1 unspecified atom stereocenters. The van der Waals surface area contributed by atoms with Crippen LogP contribution in [0, 0.1) is 11.3 Å². The first-order valence-corrected chi connectivity index (χ1v) is 5.95. The molecule has 0 fully saturated rings. The van der Waals surface area contributed by atoms with Crippen LogP contribution in [0.25, 0.3) is 0 Å². The fraction of sp³-hybridized carbons (Fsp3) is 0.667. The second-order valence-corrected chi connectivity index (χ2v) is 4.26. The average molecular weight is 218 g/mol. The Morgan fingerprint density at radius 2 is 2.50 bits per heavy atom. The van der Waals surface area contributed by atoms with Gasteiger partial charge in [0.1, 0.15) is 0 Å². The summed E-state index contributed by atoms with van der Waals surface area (Å²) >= 11 is 0. The van der Waals surface area contributed by atoms with Crippen LogP contribution in [0.5, 0.6) is 0 Å². The Balaban J connectivity index is 2.25. The molecular formula is C12H18N4. The zero-order valence-corrected chi connectivity index (χ0v) is 9.74. The second-order valence-electron chi connectivity index (χ2n) is 4.26. The van der Waals surface area contributed by atoms with Crippen molar-refractivity contribution in [3.8, 4) is 6.07 Å². The third-order valence-corrected chi connectivity index (χ3v) is 3.30. The van der Waals surface area contributed by atoms with Crippen LogP contribution < -0.4 is 5.32 Å². The van der Waals surface area contributed by atoms with Crippen LogP contribution in [0.2, 0.25) is 0 Å². The van der Waals surface area contributed by atoms with E-state index in [-0.39, 0.29) is 0 Å². The highest BCUT2D eigenvalue weighted by Crippen LogP contribution is 2.28. The molecule has 1 aromatic rings. The van der Waals surface area contributed by atoms with E-state index in [0.29, 0.717) is 12.5 Å². The van der Waals surface area contributed by atoms with E-state index in [1.54, 1.807) is 0 Å². The molecule has 0 aliphatic heterocycles.